The first-order valence-electron chi connectivity index (χ1n) is 15.0. The number of fused-ring (bicyclic) bond motifs is 5. The Bertz CT molecular complexity index is 1030. The third-order valence-electron chi connectivity index (χ3n) is 11.3. The number of hydrogen-bond acceptors (Lipinski definition) is 3. The van der Waals surface area contributed by atoms with E-state index in [2.05, 4.69) is 71.6 Å². The van der Waals surface area contributed by atoms with Crippen molar-refractivity contribution in [2.45, 2.75) is 122 Å². The molecule has 1 N–H and O–H groups in total. The van der Waals surface area contributed by atoms with Crippen molar-refractivity contribution in [2.24, 2.45) is 22.7 Å². The number of unbranched alkanes of at least 4 members (excludes halogenated alkanes) is 2. The van der Waals surface area contributed by atoms with Gasteiger partial charge in [0.1, 0.15) is 5.75 Å². The highest BCUT2D eigenvalue weighted by molar-refractivity contribution is 6.74. The van der Waals surface area contributed by atoms with Crippen LogP contribution in [-0.2, 0) is 15.6 Å². The second kappa shape index (κ2) is 10.8. The smallest absolute Gasteiger partial charge is 0.303 e. The van der Waals surface area contributed by atoms with Crippen molar-refractivity contribution in [1.82, 2.24) is 0 Å². The first-order chi connectivity index (χ1) is 17.8. The summed E-state index contributed by atoms with van der Waals surface area (Å²) in [4.78, 5) is 11.1. The number of carboxylic acid groups (broad SMARTS) is 1. The van der Waals surface area contributed by atoms with Crippen molar-refractivity contribution in [2.75, 3.05) is 7.11 Å². The van der Waals surface area contributed by atoms with E-state index in [0.717, 1.165) is 50.7 Å². The van der Waals surface area contributed by atoms with Crippen LogP contribution in [0.2, 0.25) is 18.1 Å². The Morgan fingerprint density at radius 2 is 1.95 bits per heavy atom. The van der Waals surface area contributed by atoms with E-state index < -0.39 is 14.3 Å². The number of rotatable bonds is 10. The van der Waals surface area contributed by atoms with E-state index in [1.165, 1.54) is 24.0 Å². The van der Waals surface area contributed by atoms with Gasteiger partial charge in [-0.05, 0) is 115 Å². The van der Waals surface area contributed by atoms with Crippen LogP contribution in [0.3, 0.4) is 0 Å². The van der Waals surface area contributed by atoms with Crippen molar-refractivity contribution in [3.05, 3.63) is 42.0 Å². The highest BCUT2D eigenvalue weighted by Crippen LogP contribution is 2.70. The highest BCUT2D eigenvalue weighted by atomic mass is 28.4. The molecule has 1 aromatic carbocycles. The van der Waals surface area contributed by atoms with Crippen molar-refractivity contribution in [1.29, 1.82) is 0 Å². The first kappa shape index (κ1) is 29.4. The molecule has 1 aromatic rings. The third kappa shape index (κ3) is 5.14. The molecule has 4 nitrogen and oxygen atoms in total. The predicted molar refractivity (Wildman–Crippen MR) is 158 cm³/mol. The minimum Gasteiger partial charge on any atom is -0.497 e. The van der Waals surface area contributed by atoms with Crippen molar-refractivity contribution in [3.63, 3.8) is 0 Å². The molecule has 0 heterocycles. The molecule has 0 spiro atoms. The van der Waals surface area contributed by atoms with Gasteiger partial charge in [-0.2, -0.15) is 0 Å². The van der Waals surface area contributed by atoms with E-state index in [9.17, 15) is 4.79 Å². The van der Waals surface area contributed by atoms with Gasteiger partial charge in [0.25, 0.3) is 0 Å². The van der Waals surface area contributed by atoms with Gasteiger partial charge < -0.3 is 14.3 Å². The molecule has 0 amide bonds. The fourth-order valence-electron chi connectivity index (χ4n) is 8.38. The number of ether oxygens (including phenoxy) is 1. The molecule has 38 heavy (non-hydrogen) atoms. The molecule has 2 saturated carbocycles. The van der Waals surface area contributed by atoms with Gasteiger partial charge >= 0.3 is 5.97 Å². The van der Waals surface area contributed by atoms with Gasteiger partial charge in [-0.25, -0.2) is 0 Å². The fraction of sp³-hybridized carbons (Fsp3) is 0.727. The molecule has 2 fully saturated rings. The molecule has 3 aliphatic rings. The Kier molecular flexibility index (Phi) is 8.32. The minimum atomic E-state index is -1.90. The molecule has 6 atom stereocenters. The monoisotopic (exact) mass is 540 g/mol. The zero-order chi connectivity index (χ0) is 27.9. The number of allylic oxidation sites excluding steroid dienone is 1. The lowest BCUT2D eigenvalue weighted by atomic mass is 9.44. The Hall–Kier alpha value is -1.59. The maximum Gasteiger partial charge on any atom is 0.303 e. The lowest BCUT2D eigenvalue weighted by molar-refractivity contribution is -0.137. The normalized spacial score (nSPS) is 32.7. The average Bonchev–Trinajstić information content (AvgIpc) is 3.17. The topological polar surface area (TPSA) is 55.8 Å². The SMILES string of the molecule is C=C[C@@]12CCc3cc(OC)ccc3[C@H]1[C@@H](CCCCCC(=O)O)C[C@]1(C)[C@@H](O[Si](C)(C)C(C)(C)C)CC[C@H]12. The molecule has 0 bridgehead atoms. The van der Waals surface area contributed by atoms with Crippen LogP contribution in [0.1, 0.15) is 103 Å². The molecular formula is C33H52O4Si. The second-order valence-electron chi connectivity index (χ2n) is 14.3. The van der Waals surface area contributed by atoms with Crippen LogP contribution < -0.4 is 4.74 Å². The van der Waals surface area contributed by atoms with Crippen LogP contribution in [-0.4, -0.2) is 32.6 Å². The molecule has 0 aliphatic heterocycles. The maximum absolute atomic E-state index is 11.1. The Morgan fingerprint density at radius 1 is 1.21 bits per heavy atom. The highest BCUT2D eigenvalue weighted by Gasteiger charge is 2.64. The molecule has 0 saturated heterocycles. The molecule has 5 heteroatoms. The quantitative estimate of drug-likeness (QED) is 0.183. The third-order valence-corrected chi connectivity index (χ3v) is 15.7. The fourth-order valence-corrected chi connectivity index (χ4v) is 9.83. The van der Waals surface area contributed by atoms with Crippen LogP contribution in [0.5, 0.6) is 5.75 Å². The van der Waals surface area contributed by atoms with Crippen molar-refractivity contribution >= 4 is 14.3 Å². The molecule has 4 rings (SSSR count). The van der Waals surface area contributed by atoms with E-state index >= 15 is 0 Å². The Morgan fingerprint density at radius 3 is 2.58 bits per heavy atom. The summed E-state index contributed by atoms with van der Waals surface area (Å²) < 4.78 is 12.8. The Balaban J connectivity index is 1.71. The van der Waals surface area contributed by atoms with Gasteiger partial charge in [0.05, 0.1) is 13.2 Å². The number of carboxylic acids is 1. The van der Waals surface area contributed by atoms with Gasteiger partial charge in [-0.15, -0.1) is 6.58 Å². The summed E-state index contributed by atoms with van der Waals surface area (Å²) in [7, 11) is -0.148. The second-order valence-corrected chi connectivity index (χ2v) is 19.1. The van der Waals surface area contributed by atoms with Crippen LogP contribution >= 0.6 is 0 Å². The molecule has 0 unspecified atom stereocenters. The summed E-state index contributed by atoms with van der Waals surface area (Å²) >= 11 is 0. The summed E-state index contributed by atoms with van der Waals surface area (Å²) in [6.07, 6.45) is 12.7. The lowest BCUT2D eigenvalue weighted by Crippen LogP contribution is -2.56. The predicted octanol–water partition coefficient (Wildman–Crippen LogP) is 8.76. The maximum atomic E-state index is 11.1. The zero-order valence-electron chi connectivity index (χ0n) is 25.1. The van der Waals surface area contributed by atoms with E-state index in [-0.39, 0.29) is 22.3 Å². The minimum absolute atomic E-state index is 0.0753. The summed E-state index contributed by atoms with van der Waals surface area (Å²) in [5.74, 6) is 1.83. The number of hydrogen-bond donors (Lipinski definition) is 1. The van der Waals surface area contributed by atoms with E-state index in [1.807, 2.05) is 0 Å². The average molecular weight is 541 g/mol. The summed E-state index contributed by atoms with van der Waals surface area (Å²) in [5.41, 5.74) is 3.16. The van der Waals surface area contributed by atoms with Crippen LogP contribution in [0.15, 0.2) is 30.9 Å². The summed E-state index contributed by atoms with van der Waals surface area (Å²) in [5, 5.41) is 9.31. The zero-order valence-corrected chi connectivity index (χ0v) is 26.1. The first-order valence-corrected chi connectivity index (χ1v) is 17.9. The number of carbonyl (C=O) groups is 1. The number of methoxy groups -OCH3 is 1. The van der Waals surface area contributed by atoms with Gasteiger partial charge in [0.15, 0.2) is 8.32 Å². The standard InChI is InChI=1S/C33H52O4Si/c1-9-33-20-19-23-21-25(36-6)15-16-26(23)30(33)24(13-11-10-12-14-29(34)35)22-32(5)27(33)17-18-28(32)37-38(7,8)31(2,3)4/h9,15-16,21,24,27-28,30H,1,10-14,17-20,22H2,2-8H3,(H,34,35)/t24-,27+,28-,30+,32-,33-/m0/s1. The van der Waals surface area contributed by atoms with E-state index in [1.54, 1.807) is 7.11 Å². The number of aryl methyl sites for hydroxylation is 1. The number of aliphatic carboxylic acids is 1. The molecular weight excluding hydrogens is 488 g/mol. The summed E-state index contributed by atoms with van der Waals surface area (Å²) in [6.45, 7) is 18.9. The Labute approximate surface area is 232 Å². The van der Waals surface area contributed by atoms with Crippen LogP contribution in [0.4, 0.5) is 0 Å². The molecule has 0 radical (unpaired) electrons. The summed E-state index contributed by atoms with van der Waals surface area (Å²) in [6, 6.07) is 6.75. The van der Waals surface area contributed by atoms with Gasteiger partial charge in [-0.1, -0.05) is 52.7 Å². The van der Waals surface area contributed by atoms with Crippen molar-refractivity contribution < 1.29 is 19.1 Å². The van der Waals surface area contributed by atoms with Crippen LogP contribution in [0, 0.1) is 22.7 Å². The molecule has 3 aliphatic carbocycles. The largest absolute Gasteiger partial charge is 0.497 e. The van der Waals surface area contributed by atoms with E-state index in [4.69, 9.17) is 14.3 Å². The van der Waals surface area contributed by atoms with Crippen molar-refractivity contribution in [3.8, 4) is 5.75 Å². The lowest BCUT2D eigenvalue weighted by Gasteiger charge is -2.61. The van der Waals surface area contributed by atoms with Gasteiger partial charge in [-0.3, -0.25) is 4.79 Å². The number of benzene rings is 1. The van der Waals surface area contributed by atoms with E-state index in [0.29, 0.717) is 23.9 Å². The van der Waals surface area contributed by atoms with Crippen LogP contribution in [0.25, 0.3) is 0 Å². The molecule has 212 valence electrons. The molecule has 0 aromatic heterocycles. The van der Waals surface area contributed by atoms with Gasteiger partial charge in [0.2, 0.25) is 0 Å². The van der Waals surface area contributed by atoms with Gasteiger partial charge in [0, 0.05) is 6.42 Å².